The first-order chi connectivity index (χ1) is 15.5. The zero-order valence-electron chi connectivity index (χ0n) is 17.5. The Bertz CT molecular complexity index is 1140. The molecule has 0 spiro atoms. The van der Waals surface area contributed by atoms with Gasteiger partial charge >= 0.3 is 0 Å². The molecular weight excluding hydrogens is 445 g/mol. The van der Waals surface area contributed by atoms with Gasteiger partial charge in [0, 0.05) is 58.4 Å². The number of allylic oxidation sites excluding steroid dienone is 4. The fourth-order valence-corrected chi connectivity index (χ4v) is 5.80. The van der Waals surface area contributed by atoms with Crippen LogP contribution in [0.4, 0.5) is 0 Å². The molecule has 0 aromatic heterocycles. The topological polar surface area (TPSA) is 57.6 Å². The number of phenols is 1. The Hall–Kier alpha value is -2.56. The molecule has 0 saturated heterocycles. The maximum absolute atomic E-state index is 13.3. The third-order valence-corrected chi connectivity index (χ3v) is 7.14. The molecule has 4 nitrogen and oxygen atoms in total. The zero-order chi connectivity index (χ0) is 22.4. The lowest BCUT2D eigenvalue weighted by molar-refractivity contribution is -0.117. The molecule has 0 saturated carbocycles. The van der Waals surface area contributed by atoms with E-state index in [-0.39, 0.29) is 22.3 Å². The minimum atomic E-state index is -0.635. The number of halogens is 2. The molecule has 6 heteroatoms. The lowest BCUT2D eigenvalue weighted by Crippen LogP contribution is -2.38. The van der Waals surface area contributed by atoms with Crippen molar-refractivity contribution < 1.29 is 14.7 Å². The number of aromatic hydroxyl groups is 1. The fraction of sp³-hybridized carbons (Fsp3) is 0.308. The van der Waals surface area contributed by atoms with Crippen LogP contribution in [0.25, 0.3) is 0 Å². The van der Waals surface area contributed by atoms with E-state index in [1.54, 1.807) is 6.07 Å². The van der Waals surface area contributed by atoms with Crippen LogP contribution in [0.2, 0.25) is 10.0 Å². The van der Waals surface area contributed by atoms with Gasteiger partial charge in [-0.3, -0.25) is 9.59 Å². The summed E-state index contributed by atoms with van der Waals surface area (Å²) in [5.41, 5.74) is 4.68. The third-order valence-electron chi connectivity index (χ3n) is 6.64. The highest BCUT2D eigenvalue weighted by Crippen LogP contribution is 2.52. The van der Waals surface area contributed by atoms with Crippen molar-refractivity contribution in [3.05, 3.63) is 86.2 Å². The van der Waals surface area contributed by atoms with Crippen molar-refractivity contribution in [1.29, 1.82) is 0 Å². The summed E-state index contributed by atoms with van der Waals surface area (Å²) in [4.78, 5) is 28.8. The van der Waals surface area contributed by atoms with Crippen LogP contribution >= 0.6 is 23.2 Å². The largest absolute Gasteiger partial charge is 0.506 e. The maximum Gasteiger partial charge on any atom is 0.161 e. The van der Waals surface area contributed by atoms with E-state index >= 15 is 0 Å². The van der Waals surface area contributed by atoms with Crippen LogP contribution in [0.5, 0.6) is 5.75 Å². The van der Waals surface area contributed by atoms with Crippen molar-refractivity contribution in [2.24, 2.45) is 0 Å². The smallest absolute Gasteiger partial charge is 0.161 e. The molecule has 0 bridgehead atoms. The predicted molar refractivity (Wildman–Crippen MR) is 125 cm³/mol. The van der Waals surface area contributed by atoms with Gasteiger partial charge in [-0.25, -0.2) is 0 Å². The lowest BCUT2D eigenvalue weighted by Gasteiger charge is -2.44. The van der Waals surface area contributed by atoms with E-state index in [0.717, 1.165) is 42.6 Å². The Balaban J connectivity index is 1.75. The lowest BCUT2D eigenvalue weighted by atomic mass is 9.70. The molecule has 1 N–H and O–H groups in total. The number of phenolic OH excluding ortho intramolecular Hbond substituents is 1. The molecule has 2 aromatic carbocycles. The minimum absolute atomic E-state index is 0.0229. The van der Waals surface area contributed by atoms with Crippen LogP contribution in [0, 0.1) is 0 Å². The molecule has 0 atom stereocenters. The normalized spacial score (nSPS) is 19.4. The molecule has 32 heavy (non-hydrogen) atoms. The standard InChI is InChI=1S/C26H23Cl2NO3/c27-16-12-17(26(32)18(28)13-16)23-24-19(8-4-10-21(24)30)29(14-15-6-2-1-3-7-15)20-9-5-11-22(31)25(20)23/h1-3,6-7,12-13,23,32H,4-5,8-11,14H2. The zero-order valence-corrected chi connectivity index (χ0v) is 19.0. The summed E-state index contributed by atoms with van der Waals surface area (Å²) in [5, 5.41) is 11.3. The second-order valence-electron chi connectivity index (χ2n) is 8.60. The number of carbonyl (C=O) groups excluding carboxylic acids is 2. The monoisotopic (exact) mass is 467 g/mol. The molecule has 0 fully saturated rings. The molecule has 0 amide bonds. The highest BCUT2D eigenvalue weighted by molar-refractivity contribution is 6.35. The molecule has 2 aromatic rings. The summed E-state index contributed by atoms with van der Waals surface area (Å²) >= 11 is 12.5. The molecule has 0 unspecified atom stereocenters. The average Bonchev–Trinajstić information content (AvgIpc) is 2.78. The van der Waals surface area contributed by atoms with Crippen molar-refractivity contribution >= 4 is 34.8 Å². The Morgan fingerprint density at radius 1 is 0.875 bits per heavy atom. The number of hydrogen-bond acceptors (Lipinski definition) is 4. The van der Waals surface area contributed by atoms with E-state index in [9.17, 15) is 14.7 Å². The van der Waals surface area contributed by atoms with Crippen LogP contribution in [0.15, 0.2) is 65.0 Å². The van der Waals surface area contributed by atoms with Crippen LogP contribution in [0.1, 0.15) is 55.6 Å². The van der Waals surface area contributed by atoms with Gasteiger partial charge in [0.15, 0.2) is 11.6 Å². The quantitative estimate of drug-likeness (QED) is 0.574. The SMILES string of the molecule is O=C1CCCC2=C1C(c1cc(Cl)cc(Cl)c1O)C1=C(CCCC1=O)N2Cc1ccccc1. The second-order valence-corrected chi connectivity index (χ2v) is 9.45. The van der Waals surface area contributed by atoms with Crippen molar-refractivity contribution in [2.75, 3.05) is 0 Å². The Morgan fingerprint density at radius 2 is 1.47 bits per heavy atom. The van der Waals surface area contributed by atoms with E-state index in [1.807, 2.05) is 18.2 Å². The van der Waals surface area contributed by atoms with Crippen molar-refractivity contribution in [1.82, 2.24) is 4.90 Å². The van der Waals surface area contributed by atoms with Gasteiger partial charge in [-0.2, -0.15) is 0 Å². The number of Topliss-reactive ketones (excluding diaryl/α,β-unsaturated/α-hetero) is 2. The summed E-state index contributed by atoms with van der Waals surface area (Å²) in [7, 11) is 0. The Kier molecular flexibility index (Phi) is 5.60. The molecule has 3 aliphatic rings. The molecule has 0 radical (unpaired) electrons. The van der Waals surface area contributed by atoms with Gasteiger partial charge in [-0.05, 0) is 43.4 Å². The Morgan fingerprint density at radius 3 is 2.06 bits per heavy atom. The van der Waals surface area contributed by atoms with Crippen molar-refractivity contribution in [3.8, 4) is 5.75 Å². The maximum atomic E-state index is 13.3. The van der Waals surface area contributed by atoms with Gasteiger partial charge < -0.3 is 10.0 Å². The van der Waals surface area contributed by atoms with Gasteiger partial charge in [0.25, 0.3) is 0 Å². The second kappa shape index (κ2) is 8.42. The highest BCUT2D eigenvalue weighted by atomic mass is 35.5. The number of benzene rings is 2. The third kappa shape index (κ3) is 3.56. The first kappa shape index (κ1) is 21.3. The van der Waals surface area contributed by atoms with E-state index in [0.29, 0.717) is 41.1 Å². The van der Waals surface area contributed by atoms with Gasteiger partial charge in [-0.1, -0.05) is 53.5 Å². The summed E-state index contributed by atoms with van der Waals surface area (Å²) < 4.78 is 0. The van der Waals surface area contributed by atoms with Crippen LogP contribution < -0.4 is 0 Å². The van der Waals surface area contributed by atoms with E-state index < -0.39 is 5.92 Å². The number of carbonyl (C=O) groups is 2. The predicted octanol–water partition coefficient (Wildman–Crippen LogP) is 6.31. The molecule has 164 valence electrons. The van der Waals surface area contributed by atoms with Gasteiger partial charge in [0.05, 0.1) is 5.02 Å². The molecule has 1 aliphatic heterocycles. The number of rotatable bonds is 3. The van der Waals surface area contributed by atoms with E-state index in [2.05, 4.69) is 17.0 Å². The van der Waals surface area contributed by atoms with Crippen molar-refractivity contribution in [2.45, 2.75) is 51.0 Å². The Labute approximate surface area is 197 Å². The van der Waals surface area contributed by atoms with E-state index in [1.165, 1.54) is 6.07 Å². The summed E-state index contributed by atoms with van der Waals surface area (Å²) in [6.45, 7) is 0.605. The summed E-state index contributed by atoms with van der Waals surface area (Å²) in [6.07, 6.45) is 3.92. The van der Waals surface area contributed by atoms with Crippen LogP contribution in [0.3, 0.4) is 0 Å². The molecule has 1 heterocycles. The summed E-state index contributed by atoms with van der Waals surface area (Å²) in [5.74, 6) is -0.707. The molecular formula is C26H23Cl2NO3. The number of nitrogens with zero attached hydrogens (tertiary/aromatic N) is 1. The van der Waals surface area contributed by atoms with Crippen LogP contribution in [-0.4, -0.2) is 21.6 Å². The fourth-order valence-electron chi connectivity index (χ4n) is 5.29. The highest BCUT2D eigenvalue weighted by Gasteiger charge is 2.44. The number of ketones is 2. The first-order valence-corrected chi connectivity index (χ1v) is 11.7. The van der Waals surface area contributed by atoms with E-state index in [4.69, 9.17) is 23.2 Å². The first-order valence-electron chi connectivity index (χ1n) is 11.0. The van der Waals surface area contributed by atoms with Gasteiger partial charge in [-0.15, -0.1) is 0 Å². The van der Waals surface area contributed by atoms with Gasteiger partial charge in [0.2, 0.25) is 0 Å². The number of hydrogen-bond donors (Lipinski definition) is 1. The summed E-state index contributed by atoms with van der Waals surface area (Å²) in [6, 6.07) is 13.2. The molecule has 5 rings (SSSR count). The average molecular weight is 468 g/mol. The van der Waals surface area contributed by atoms with Gasteiger partial charge in [0.1, 0.15) is 5.75 Å². The molecule has 2 aliphatic carbocycles. The minimum Gasteiger partial charge on any atom is -0.506 e. The van der Waals surface area contributed by atoms with Crippen LogP contribution in [-0.2, 0) is 16.1 Å². The van der Waals surface area contributed by atoms with Crippen molar-refractivity contribution in [3.63, 3.8) is 0 Å².